The van der Waals surface area contributed by atoms with Gasteiger partial charge in [0, 0.05) is 39.0 Å². The minimum absolute atomic E-state index is 0.00569. The van der Waals surface area contributed by atoms with Gasteiger partial charge in [-0.2, -0.15) is 4.98 Å². The summed E-state index contributed by atoms with van der Waals surface area (Å²) in [5, 5.41) is 9.81. The van der Waals surface area contributed by atoms with E-state index in [1.165, 1.54) is 30.5 Å². The molecule has 5 rings (SSSR count). The lowest BCUT2D eigenvalue weighted by molar-refractivity contribution is -0.130. The summed E-state index contributed by atoms with van der Waals surface area (Å²) in [5.74, 6) is 0.0127. The molecule has 1 aromatic carbocycles. The van der Waals surface area contributed by atoms with E-state index in [-0.39, 0.29) is 29.8 Å². The minimum Gasteiger partial charge on any atom is -0.341 e. The lowest BCUT2D eigenvalue weighted by Crippen LogP contribution is -2.59. The third-order valence-electron chi connectivity index (χ3n) is 5.64. The Balaban J connectivity index is 1.50. The van der Waals surface area contributed by atoms with Gasteiger partial charge in [-0.25, -0.2) is 14.2 Å². The van der Waals surface area contributed by atoms with Crippen molar-refractivity contribution in [1.82, 2.24) is 25.3 Å². The molecule has 2 aliphatic heterocycles. The summed E-state index contributed by atoms with van der Waals surface area (Å²) in [7, 11) is 1.54. The van der Waals surface area contributed by atoms with Gasteiger partial charge in [-0.15, -0.1) is 0 Å². The summed E-state index contributed by atoms with van der Waals surface area (Å²) in [4.78, 5) is 37.8. The van der Waals surface area contributed by atoms with Crippen LogP contribution in [0, 0.1) is 5.82 Å². The molecule has 2 aliphatic rings. The number of amides is 3. The van der Waals surface area contributed by atoms with E-state index in [2.05, 4.69) is 25.8 Å². The maximum absolute atomic E-state index is 13.3. The van der Waals surface area contributed by atoms with E-state index in [0.717, 1.165) is 10.6 Å². The molecular weight excluding hydrogens is 437 g/mol. The van der Waals surface area contributed by atoms with Crippen LogP contribution in [0.4, 0.5) is 20.3 Å². The molecule has 2 atom stereocenters. The van der Waals surface area contributed by atoms with Crippen molar-refractivity contribution in [3.8, 4) is 11.4 Å². The van der Waals surface area contributed by atoms with Crippen LogP contribution in [-0.2, 0) is 11.2 Å². The van der Waals surface area contributed by atoms with Gasteiger partial charge in [0.1, 0.15) is 5.82 Å². The summed E-state index contributed by atoms with van der Waals surface area (Å²) in [5.41, 5.74) is 1.54. The zero-order valence-corrected chi connectivity index (χ0v) is 18.1. The standard InChI is InChI=1S/C20H20FN7O3S/c1-10(29)27-8-13-7-14-16(32-19(23-14)25-18(30)22-2)15(9-27)28(13)20-24-17(26-31-20)11-3-5-12(21)6-4-11/h3-6,13,15H,7-9H2,1-2H3,(H2,22,23,25,30). The first-order valence-electron chi connectivity index (χ1n) is 10.0. The molecule has 0 radical (unpaired) electrons. The molecule has 12 heteroatoms. The number of fused-ring (bicyclic) bond motifs is 4. The number of piperazine rings is 1. The van der Waals surface area contributed by atoms with Crippen molar-refractivity contribution < 1.29 is 18.5 Å². The SMILES string of the molecule is CNC(=O)Nc1nc2c(s1)C1CN(C(C)=O)CC(C2)N1c1nc(-c2ccc(F)cc2)no1. The third-order valence-corrected chi connectivity index (χ3v) is 6.76. The fraction of sp³-hybridized carbons (Fsp3) is 0.350. The molecule has 3 aromatic rings. The van der Waals surface area contributed by atoms with E-state index >= 15 is 0 Å². The number of carbonyl (C=O) groups excluding carboxylic acids is 2. The first-order chi connectivity index (χ1) is 15.4. The molecule has 2 bridgehead atoms. The Morgan fingerprint density at radius 1 is 1.22 bits per heavy atom. The van der Waals surface area contributed by atoms with Gasteiger partial charge in [-0.05, 0) is 24.3 Å². The topological polar surface area (TPSA) is 116 Å². The Labute approximate surface area is 186 Å². The van der Waals surface area contributed by atoms with E-state index < -0.39 is 0 Å². The summed E-state index contributed by atoms with van der Waals surface area (Å²) >= 11 is 1.37. The first-order valence-corrected chi connectivity index (χ1v) is 10.9. The number of aromatic nitrogens is 3. The van der Waals surface area contributed by atoms with Crippen molar-refractivity contribution in [2.24, 2.45) is 0 Å². The molecule has 2 unspecified atom stereocenters. The lowest BCUT2D eigenvalue weighted by Gasteiger charge is -2.48. The van der Waals surface area contributed by atoms with E-state index in [1.54, 1.807) is 24.0 Å². The highest BCUT2D eigenvalue weighted by Crippen LogP contribution is 2.44. The quantitative estimate of drug-likeness (QED) is 0.620. The molecule has 10 nitrogen and oxygen atoms in total. The van der Waals surface area contributed by atoms with Crippen LogP contribution in [0.5, 0.6) is 0 Å². The van der Waals surface area contributed by atoms with Crippen LogP contribution in [-0.4, -0.2) is 58.1 Å². The van der Waals surface area contributed by atoms with Crippen LogP contribution < -0.4 is 15.5 Å². The Morgan fingerprint density at radius 3 is 2.72 bits per heavy atom. The van der Waals surface area contributed by atoms with Crippen molar-refractivity contribution >= 4 is 34.4 Å². The van der Waals surface area contributed by atoms with Gasteiger partial charge in [0.15, 0.2) is 5.13 Å². The second-order valence-electron chi connectivity index (χ2n) is 7.65. The van der Waals surface area contributed by atoms with Crippen LogP contribution in [0.1, 0.15) is 23.5 Å². The summed E-state index contributed by atoms with van der Waals surface area (Å²) < 4.78 is 18.9. The number of thiazole rings is 1. The Kier molecular flexibility index (Phi) is 5.00. The molecule has 1 saturated heterocycles. The van der Waals surface area contributed by atoms with Gasteiger partial charge in [-0.1, -0.05) is 16.5 Å². The fourth-order valence-corrected chi connectivity index (χ4v) is 5.21. The predicted octanol–water partition coefficient (Wildman–Crippen LogP) is 2.42. The van der Waals surface area contributed by atoms with Crippen LogP contribution in [0.3, 0.4) is 0 Å². The summed E-state index contributed by atoms with van der Waals surface area (Å²) in [6.07, 6.45) is 0.565. The number of carbonyl (C=O) groups is 2. The Morgan fingerprint density at radius 2 is 2.00 bits per heavy atom. The van der Waals surface area contributed by atoms with Crippen LogP contribution in [0.2, 0.25) is 0 Å². The lowest BCUT2D eigenvalue weighted by atomic mass is 9.93. The summed E-state index contributed by atoms with van der Waals surface area (Å²) in [6.45, 7) is 2.49. The van der Waals surface area contributed by atoms with Crippen LogP contribution in [0.15, 0.2) is 28.8 Å². The molecule has 3 amide bonds. The molecule has 32 heavy (non-hydrogen) atoms. The van der Waals surface area contributed by atoms with Crippen LogP contribution in [0.25, 0.3) is 11.4 Å². The predicted molar refractivity (Wildman–Crippen MR) is 115 cm³/mol. The molecule has 0 saturated carbocycles. The largest absolute Gasteiger partial charge is 0.341 e. The molecular formula is C20H20FN7O3S. The van der Waals surface area contributed by atoms with Crippen LogP contribution >= 0.6 is 11.3 Å². The smallest absolute Gasteiger partial charge is 0.325 e. The zero-order chi connectivity index (χ0) is 22.4. The maximum atomic E-state index is 13.3. The second-order valence-corrected chi connectivity index (χ2v) is 8.68. The van der Waals surface area contributed by atoms with Gasteiger partial charge >= 0.3 is 12.0 Å². The number of anilines is 2. The van der Waals surface area contributed by atoms with E-state index in [1.807, 2.05) is 4.90 Å². The van der Waals surface area contributed by atoms with Gasteiger partial charge in [0.25, 0.3) is 0 Å². The minimum atomic E-state index is -0.345. The molecule has 1 fully saturated rings. The molecule has 2 N–H and O–H groups in total. The Hall–Kier alpha value is -3.54. The van der Waals surface area contributed by atoms with Gasteiger partial charge in [0.2, 0.25) is 11.7 Å². The molecule has 4 heterocycles. The van der Waals surface area contributed by atoms with Crippen molar-refractivity contribution in [2.45, 2.75) is 25.4 Å². The number of halogens is 1. The highest BCUT2D eigenvalue weighted by Gasteiger charge is 2.45. The van der Waals surface area contributed by atoms with Gasteiger partial charge in [0.05, 0.1) is 22.7 Å². The second kappa shape index (κ2) is 7.86. The maximum Gasteiger partial charge on any atom is 0.325 e. The van der Waals surface area contributed by atoms with E-state index in [4.69, 9.17) is 4.52 Å². The zero-order valence-electron chi connectivity index (χ0n) is 17.3. The fourth-order valence-electron chi connectivity index (χ4n) is 4.13. The Bertz CT molecular complexity index is 1180. The monoisotopic (exact) mass is 457 g/mol. The van der Waals surface area contributed by atoms with Crippen molar-refractivity contribution in [3.05, 3.63) is 40.7 Å². The molecule has 0 aliphatic carbocycles. The number of nitrogens with zero attached hydrogens (tertiary/aromatic N) is 5. The van der Waals surface area contributed by atoms with Crippen molar-refractivity contribution in [2.75, 3.05) is 30.4 Å². The average Bonchev–Trinajstić information content (AvgIpc) is 3.40. The van der Waals surface area contributed by atoms with Gasteiger partial charge in [-0.3, -0.25) is 10.1 Å². The number of nitrogens with one attached hydrogen (secondary N) is 2. The number of hydrogen-bond acceptors (Lipinski definition) is 8. The normalized spacial score (nSPS) is 19.5. The third kappa shape index (κ3) is 3.55. The highest BCUT2D eigenvalue weighted by atomic mass is 32.1. The number of rotatable bonds is 3. The first kappa shape index (κ1) is 20.4. The molecule has 166 valence electrons. The van der Waals surface area contributed by atoms with Crippen molar-refractivity contribution in [1.29, 1.82) is 0 Å². The molecule has 2 aromatic heterocycles. The van der Waals surface area contributed by atoms with E-state index in [9.17, 15) is 14.0 Å². The number of hydrogen-bond donors (Lipinski definition) is 2. The van der Waals surface area contributed by atoms with E-state index in [0.29, 0.717) is 42.0 Å². The summed E-state index contributed by atoms with van der Waals surface area (Å²) in [6, 6.07) is 5.52. The number of benzene rings is 1. The number of urea groups is 1. The average molecular weight is 457 g/mol. The molecule has 0 spiro atoms. The highest BCUT2D eigenvalue weighted by molar-refractivity contribution is 7.16. The van der Waals surface area contributed by atoms with Crippen molar-refractivity contribution in [3.63, 3.8) is 0 Å². The van der Waals surface area contributed by atoms with Gasteiger partial charge < -0.3 is 19.6 Å².